The van der Waals surface area contributed by atoms with Gasteiger partial charge in [-0.25, -0.2) is 4.98 Å². The Bertz CT molecular complexity index is 1050. The Hall–Kier alpha value is -2.17. The van der Waals surface area contributed by atoms with Gasteiger partial charge in [0.2, 0.25) is 0 Å². The van der Waals surface area contributed by atoms with Gasteiger partial charge in [0.1, 0.15) is 5.82 Å². The first kappa shape index (κ1) is 20.1. The number of carbonyl (C=O) groups excluding carboxylic acids is 1. The third kappa shape index (κ3) is 4.71. The lowest BCUT2D eigenvalue weighted by molar-refractivity contribution is 0.0908. The number of rotatable bonds is 4. The fraction of sp³-hybridized carbons (Fsp3) is 0.348. The summed E-state index contributed by atoms with van der Waals surface area (Å²) in [5, 5.41) is 4.70. The number of Topliss-reactive ketones (excluding diaryl/α,β-unsaturated/α-hetero) is 1. The summed E-state index contributed by atoms with van der Waals surface area (Å²) >= 11 is 12.3. The van der Waals surface area contributed by atoms with Crippen molar-refractivity contribution in [2.24, 2.45) is 5.92 Å². The molecule has 1 saturated carbocycles. The SMILES string of the molecule is Cc1ccc(Cl)c(C(=O)C2CCC[C@H](Nc3cnc4cc(Cl)ccc4n3)CC2)c1. The summed E-state index contributed by atoms with van der Waals surface area (Å²) in [7, 11) is 0. The molecular weight excluding hydrogens is 405 g/mol. The minimum absolute atomic E-state index is 0.0194. The molecule has 1 unspecified atom stereocenters. The lowest BCUT2D eigenvalue weighted by Gasteiger charge is -2.17. The minimum Gasteiger partial charge on any atom is -0.366 e. The Morgan fingerprint density at radius 3 is 2.76 bits per heavy atom. The second-order valence-corrected chi connectivity index (χ2v) is 8.63. The van der Waals surface area contributed by atoms with E-state index in [1.807, 2.05) is 43.3 Å². The second kappa shape index (κ2) is 8.68. The molecule has 0 radical (unpaired) electrons. The summed E-state index contributed by atoms with van der Waals surface area (Å²) in [5.41, 5.74) is 3.31. The molecule has 1 aliphatic carbocycles. The fourth-order valence-corrected chi connectivity index (χ4v) is 4.40. The highest BCUT2D eigenvalue weighted by Gasteiger charge is 2.26. The summed E-state index contributed by atoms with van der Waals surface area (Å²) in [6.07, 6.45) is 6.40. The Morgan fingerprint density at radius 2 is 1.90 bits per heavy atom. The van der Waals surface area contributed by atoms with Crippen molar-refractivity contribution in [1.82, 2.24) is 9.97 Å². The van der Waals surface area contributed by atoms with Gasteiger partial charge in [-0.2, -0.15) is 0 Å². The van der Waals surface area contributed by atoms with Crippen LogP contribution in [0.15, 0.2) is 42.6 Å². The highest BCUT2D eigenvalue weighted by molar-refractivity contribution is 6.34. The maximum Gasteiger partial charge on any atom is 0.167 e. The molecule has 0 aliphatic heterocycles. The average molecular weight is 428 g/mol. The van der Waals surface area contributed by atoms with Crippen LogP contribution in [-0.4, -0.2) is 21.8 Å². The molecule has 6 heteroatoms. The van der Waals surface area contributed by atoms with Gasteiger partial charge >= 0.3 is 0 Å². The minimum atomic E-state index is 0.0194. The fourth-order valence-electron chi connectivity index (χ4n) is 4.02. The van der Waals surface area contributed by atoms with Crippen LogP contribution in [0.4, 0.5) is 5.82 Å². The highest BCUT2D eigenvalue weighted by atomic mass is 35.5. The van der Waals surface area contributed by atoms with Crippen molar-refractivity contribution >= 4 is 45.8 Å². The van der Waals surface area contributed by atoms with Crippen molar-refractivity contribution in [2.75, 3.05) is 5.32 Å². The number of hydrogen-bond donors (Lipinski definition) is 1. The molecule has 150 valence electrons. The number of anilines is 1. The zero-order valence-electron chi connectivity index (χ0n) is 16.3. The van der Waals surface area contributed by atoms with Crippen LogP contribution < -0.4 is 5.32 Å². The van der Waals surface area contributed by atoms with Crippen LogP contribution in [0.2, 0.25) is 10.0 Å². The first-order valence-electron chi connectivity index (χ1n) is 9.99. The number of halogens is 2. The lowest BCUT2D eigenvalue weighted by atomic mass is 9.90. The van der Waals surface area contributed by atoms with E-state index in [4.69, 9.17) is 23.2 Å². The van der Waals surface area contributed by atoms with E-state index < -0.39 is 0 Å². The average Bonchev–Trinajstić information content (AvgIpc) is 2.95. The van der Waals surface area contributed by atoms with Crippen molar-refractivity contribution in [3.05, 3.63) is 63.8 Å². The third-order valence-corrected chi connectivity index (χ3v) is 6.15. The number of nitrogens with one attached hydrogen (secondary N) is 1. The van der Waals surface area contributed by atoms with E-state index >= 15 is 0 Å². The number of fused-ring (bicyclic) bond motifs is 1. The van der Waals surface area contributed by atoms with Gasteiger partial charge in [0.25, 0.3) is 0 Å². The first-order chi connectivity index (χ1) is 14.0. The van der Waals surface area contributed by atoms with Crippen LogP contribution in [0.1, 0.15) is 48.0 Å². The molecule has 4 rings (SSSR count). The zero-order valence-corrected chi connectivity index (χ0v) is 17.8. The number of carbonyl (C=O) groups is 1. The summed E-state index contributed by atoms with van der Waals surface area (Å²) in [4.78, 5) is 22.1. The van der Waals surface area contributed by atoms with Crippen LogP contribution in [0.5, 0.6) is 0 Å². The summed E-state index contributed by atoms with van der Waals surface area (Å²) < 4.78 is 0. The van der Waals surface area contributed by atoms with Crippen LogP contribution in [0.3, 0.4) is 0 Å². The van der Waals surface area contributed by atoms with E-state index in [0.717, 1.165) is 54.5 Å². The normalized spacial score (nSPS) is 19.7. The van der Waals surface area contributed by atoms with Gasteiger partial charge in [-0.1, -0.05) is 41.3 Å². The number of hydrogen-bond acceptors (Lipinski definition) is 4. The molecule has 29 heavy (non-hydrogen) atoms. The number of aryl methyl sites for hydroxylation is 1. The summed E-state index contributed by atoms with van der Waals surface area (Å²) in [6.45, 7) is 1.98. The third-order valence-electron chi connectivity index (χ3n) is 5.58. The molecule has 0 saturated heterocycles. The van der Waals surface area contributed by atoms with Crippen molar-refractivity contribution in [3.8, 4) is 0 Å². The van der Waals surface area contributed by atoms with Gasteiger partial charge in [-0.3, -0.25) is 9.78 Å². The Kier molecular flexibility index (Phi) is 6.02. The van der Waals surface area contributed by atoms with Crippen molar-refractivity contribution in [3.63, 3.8) is 0 Å². The number of benzene rings is 2. The molecule has 4 nitrogen and oxygen atoms in total. The molecule has 1 aromatic heterocycles. The smallest absolute Gasteiger partial charge is 0.167 e. The Labute approximate surface area is 180 Å². The maximum atomic E-state index is 13.0. The van der Waals surface area contributed by atoms with Crippen LogP contribution in [0, 0.1) is 12.8 Å². The standard InChI is InChI=1S/C23H23Cl2N3O/c1-14-5-9-19(25)18(11-14)23(29)15-3-2-4-17(8-6-15)27-22-13-26-21-12-16(24)7-10-20(21)28-22/h5,7,9-13,15,17H,2-4,6,8H2,1H3,(H,27,28)/t15?,17-/m0/s1. The van der Waals surface area contributed by atoms with Crippen LogP contribution in [-0.2, 0) is 0 Å². The predicted octanol–water partition coefficient (Wildman–Crippen LogP) is 6.49. The molecule has 1 aliphatic rings. The maximum absolute atomic E-state index is 13.0. The predicted molar refractivity (Wildman–Crippen MR) is 119 cm³/mol. The number of aromatic nitrogens is 2. The van der Waals surface area contributed by atoms with Gasteiger partial charge in [0.05, 0.1) is 22.3 Å². The topological polar surface area (TPSA) is 54.9 Å². The number of nitrogens with zero attached hydrogens (tertiary/aromatic N) is 2. The molecular formula is C23H23Cl2N3O. The molecule has 2 aromatic carbocycles. The van der Waals surface area contributed by atoms with Crippen LogP contribution in [0.25, 0.3) is 11.0 Å². The summed E-state index contributed by atoms with van der Waals surface area (Å²) in [5.74, 6) is 0.948. The van der Waals surface area contributed by atoms with Gasteiger partial charge in [-0.15, -0.1) is 0 Å². The van der Waals surface area contributed by atoms with E-state index in [2.05, 4.69) is 15.3 Å². The molecule has 1 heterocycles. The van der Waals surface area contributed by atoms with Crippen molar-refractivity contribution < 1.29 is 4.79 Å². The Morgan fingerprint density at radius 1 is 1.03 bits per heavy atom. The molecule has 0 spiro atoms. The molecule has 0 bridgehead atoms. The monoisotopic (exact) mass is 427 g/mol. The Balaban J connectivity index is 1.43. The van der Waals surface area contributed by atoms with E-state index in [0.29, 0.717) is 15.6 Å². The van der Waals surface area contributed by atoms with E-state index in [1.165, 1.54) is 0 Å². The molecule has 0 amide bonds. The van der Waals surface area contributed by atoms with Crippen molar-refractivity contribution in [1.29, 1.82) is 0 Å². The first-order valence-corrected chi connectivity index (χ1v) is 10.7. The van der Waals surface area contributed by atoms with Gasteiger partial charge in [-0.05, 0) is 62.9 Å². The van der Waals surface area contributed by atoms with Gasteiger partial charge < -0.3 is 5.32 Å². The zero-order chi connectivity index (χ0) is 20.4. The highest BCUT2D eigenvalue weighted by Crippen LogP contribution is 2.30. The number of ketones is 1. The molecule has 2 atom stereocenters. The van der Waals surface area contributed by atoms with Crippen molar-refractivity contribution in [2.45, 2.75) is 45.1 Å². The second-order valence-electron chi connectivity index (χ2n) is 7.78. The molecule has 1 fully saturated rings. The van der Waals surface area contributed by atoms with E-state index in [9.17, 15) is 4.79 Å². The van der Waals surface area contributed by atoms with Gasteiger partial charge in [0, 0.05) is 22.5 Å². The van der Waals surface area contributed by atoms with E-state index in [-0.39, 0.29) is 17.7 Å². The molecule has 1 N–H and O–H groups in total. The quantitative estimate of drug-likeness (QED) is 0.381. The van der Waals surface area contributed by atoms with Crippen LogP contribution >= 0.6 is 23.2 Å². The largest absolute Gasteiger partial charge is 0.366 e. The molecule has 3 aromatic rings. The summed E-state index contributed by atoms with van der Waals surface area (Å²) in [6, 6.07) is 11.4. The van der Waals surface area contributed by atoms with E-state index in [1.54, 1.807) is 6.20 Å². The lowest BCUT2D eigenvalue weighted by Crippen LogP contribution is -2.20. The van der Waals surface area contributed by atoms with Gasteiger partial charge in [0.15, 0.2) is 5.78 Å².